The van der Waals surface area contributed by atoms with Gasteiger partial charge in [-0.25, -0.2) is 0 Å². The Labute approximate surface area is 106 Å². The second-order valence-electron chi connectivity index (χ2n) is 4.31. The maximum atomic E-state index is 9.41. The average molecular weight is 260 g/mol. The van der Waals surface area contributed by atoms with Gasteiger partial charge in [-0.1, -0.05) is 23.2 Å². The molecule has 0 bridgehead atoms. The number of hydrogen-bond donors (Lipinski definition) is 2. The van der Waals surface area contributed by atoms with E-state index in [9.17, 15) is 5.11 Å². The van der Waals surface area contributed by atoms with Crippen LogP contribution in [0, 0.1) is 0 Å². The standard InChI is InChI=1S/C12H15Cl2NO/c13-8-5-9(14)7-11(6-8)15-10-1-3-12(16)4-2-10/h5-7,10,12,15-16H,1-4H2. The molecular weight excluding hydrogens is 245 g/mol. The minimum absolute atomic E-state index is 0.124. The van der Waals surface area contributed by atoms with Gasteiger partial charge in [-0.15, -0.1) is 0 Å². The van der Waals surface area contributed by atoms with E-state index in [0.717, 1.165) is 31.4 Å². The van der Waals surface area contributed by atoms with Crippen LogP contribution in [0.2, 0.25) is 10.0 Å². The Morgan fingerprint density at radius 2 is 1.56 bits per heavy atom. The SMILES string of the molecule is OC1CCC(Nc2cc(Cl)cc(Cl)c2)CC1. The molecule has 1 aromatic carbocycles. The van der Waals surface area contributed by atoms with Crippen LogP contribution in [0.1, 0.15) is 25.7 Å². The highest BCUT2D eigenvalue weighted by atomic mass is 35.5. The maximum absolute atomic E-state index is 9.41. The van der Waals surface area contributed by atoms with Crippen molar-refractivity contribution in [2.45, 2.75) is 37.8 Å². The molecule has 1 saturated carbocycles. The molecule has 0 aromatic heterocycles. The first-order valence-corrected chi connectivity index (χ1v) is 6.30. The van der Waals surface area contributed by atoms with E-state index in [1.54, 1.807) is 6.07 Å². The molecule has 2 rings (SSSR count). The number of halogens is 2. The van der Waals surface area contributed by atoms with Gasteiger partial charge in [0.2, 0.25) is 0 Å². The lowest BCUT2D eigenvalue weighted by Crippen LogP contribution is -2.28. The summed E-state index contributed by atoms with van der Waals surface area (Å²) in [5, 5.41) is 14.1. The summed E-state index contributed by atoms with van der Waals surface area (Å²) in [6, 6.07) is 5.88. The predicted molar refractivity (Wildman–Crippen MR) is 68.3 cm³/mol. The number of rotatable bonds is 2. The zero-order chi connectivity index (χ0) is 11.5. The van der Waals surface area contributed by atoms with Gasteiger partial charge in [0, 0.05) is 21.8 Å². The Bertz CT molecular complexity index is 342. The molecule has 1 aliphatic carbocycles. The third-order valence-electron chi connectivity index (χ3n) is 2.93. The molecule has 1 fully saturated rings. The molecule has 0 radical (unpaired) electrons. The highest BCUT2D eigenvalue weighted by Crippen LogP contribution is 2.26. The minimum atomic E-state index is -0.124. The summed E-state index contributed by atoms with van der Waals surface area (Å²) in [4.78, 5) is 0. The van der Waals surface area contributed by atoms with Crippen LogP contribution >= 0.6 is 23.2 Å². The number of anilines is 1. The van der Waals surface area contributed by atoms with Crippen molar-refractivity contribution >= 4 is 28.9 Å². The summed E-state index contributed by atoms with van der Waals surface area (Å²) in [5.74, 6) is 0. The van der Waals surface area contributed by atoms with E-state index < -0.39 is 0 Å². The van der Waals surface area contributed by atoms with Crippen molar-refractivity contribution in [2.75, 3.05) is 5.32 Å². The number of aliphatic hydroxyl groups is 1. The van der Waals surface area contributed by atoms with Gasteiger partial charge in [-0.3, -0.25) is 0 Å². The molecule has 1 aliphatic rings. The lowest BCUT2D eigenvalue weighted by molar-refractivity contribution is 0.126. The zero-order valence-electron chi connectivity index (χ0n) is 8.92. The fourth-order valence-electron chi connectivity index (χ4n) is 2.09. The third kappa shape index (κ3) is 3.27. The van der Waals surface area contributed by atoms with Gasteiger partial charge in [0.05, 0.1) is 6.10 Å². The second-order valence-corrected chi connectivity index (χ2v) is 5.18. The van der Waals surface area contributed by atoms with Gasteiger partial charge in [0.15, 0.2) is 0 Å². The molecule has 16 heavy (non-hydrogen) atoms. The quantitative estimate of drug-likeness (QED) is 0.849. The van der Waals surface area contributed by atoms with Crippen molar-refractivity contribution in [1.82, 2.24) is 0 Å². The van der Waals surface area contributed by atoms with Gasteiger partial charge in [-0.2, -0.15) is 0 Å². The molecule has 0 aliphatic heterocycles. The van der Waals surface area contributed by atoms with E-state index in [0.29, 0.717) is 16.1 Å². The van der Waals surface area contributed by atoms with Crippen LogP contribution in [-0.4, -0.2) is 17.3 Å². The normalized spacial score (nSPS) is 25.4. The first kappa shape index (κ1) is 12.0. The fourth-order valence-corrected chi connectivity index (χ4v) is 2.62. The Kier molecular flexibility index (Phi) is 3.95. The van der Waals surface area contributed by atoms with Crippen molar-refractivity contribution in [3.8, 4) is 0 Å². The summed E-state index contributed by atoms with van der Waals surface area (Å²) in [6.45, 7) is 0. The molecule has 0 heterocycles. The highest BCUT2D eigenvalue weighted by molar-refractivity contribution is 6.35. The largest absolute Gasteiger partial charge is 0.393 e. The molecule has 2 N–H and O–H groups in total. The molecule has 0 saturated heterocycles. The van der Waals surface area contributed by atoms with Crippen molar-refractivity contribution in [2.24, 2.45) is 0 Å². The van der Waals surface area contributed by atoms with Gasteiger partial charge in [-0.05, 0) is 43.9 Å². The topological polar surface area (TPSA) is 32.3 Å². The van der Waals surface area contributed by atoms with E-state index in [4.69, 9.17) is 23.2 Å². The summed E-state index contributed by atoms with van der Waals surface area (Å²) in [6.07, 6.45) is 3.59. The summed E-state index contributed by atoms with van der Waals surface area (Å²) in [7, 11) is 0. The van der Waals surface area contributed by atoms with E-state index in [2.05, 4.69) is 5.32 Å². The van der Waals surface area contributed by atoms with E-state index in [1.165, 1.54) is 0 Å². The maximum Gasteiger partial charge on any atom is 0.0541 e. The lowest BCUT2D eigenvalue weighted by Gasteiger charge is -2.27. The van der Waals surface area contributed by atoms with Gasteiger partial charge >= 0.3 is 0 Å². The molecule has 88 valence electrons. The van der Waals surface area contributed by atoms with Crippen molar-refractivity contribution in [1.29, 1.82) is 0 Å². The first-order chi connectivity index (χ1) is 7.63. The Hall–Kier alpha value is -0.440. The number of hydrogen-bond acceptors (Lipinski definition) is 2. The molecule has 0 spiro atoms. The van der Waals surface area contributed by atoms with Crippen LogP contribution in [0.4, 0.5) is 5.69 Å². The number of benzene rings is 1. The Morgan fingerprint density at radius 1 is 1.00 bits per heavy atom. The van der Waals surface area contributed by atoms with Gasteiger partial charge < -0.3 is 10.4 Å². The Balaban J connectivity index is 1.98. The van der Waals surface area contributed by atoms with Gasteiger partial charge in [0.25, 0.3) is 0 Å². The number of aliphatic hydroxyl groups excluding tert-OH is 1. The van der Waals surface area contributed by atoms with Crippen LogP contribution in [0.5, 0.6) is 0 Å². The van der Waals surface area contributed by atoms with Crippen LogP contribution < -0.4 is 5.32 Å². The summed E-state index contributed by atoms with van der Waals surface area (Å²) in [5.41, 5.74) is 0.957. The molecular formula is C12H15Cl2NO. The first-order valence-electron chi connectivity index (χ1n) is 5.54. The smallest absolute Gasteiger partial charge is 0.0541 e. The lowest BCUT2D eigenvalue weighted by atomic mass is 9.93. The van der Waals surface area contributed by atoms with E-state index >= 15 is 0 Å². The minimum Gasteiger partial charge on any atom is -0.393 e. The van der Waals surface area contributed by atoms with Crippen molar-refractivity contribution in [3.63, 3.8) is 0 Å². The van der Waals surface area contributed by atoms with Crippen molar-refractivity contribution < 1.29 is 5.11 Å². The van der Waals surface area contributed by atoms with Crippen LogP contribution in [0.15, 0.2) is 18.2 Å². The Morgan fingerprint density at radius 3 is 2.12 bits per heavy atom. The van der Waals surface area contributed by atoms with E-state index in [1.807, 2.05) is 12.1 Å². The van der Waals surface area contributed by atoms with Gasteiger partial charge in [0.1, 0.15) is 0 Å². The molecule has 1 aromatic rings. The monoisotopic (exact) mass is 259 g/mol. The molecule has 0 unspecified atom stereocenters. The predicted octanol–water partition coefficient (Wildman–Crippen LogP) is 3.71. The van der Waals surface area contributed by atoms with Crippen LogP contribution in [0.3, 0.4) is 0 Å². The molecule has 4 heteroatoms. The second kappa shape index (κ2) is 5.26. The highest BCUT2D eigenvalue weighted by Gasteiger charge is 2.19. The third-order valence-corrected chi connectivity index (χ3v) is 3.37. The summed E-state index contributed by atoms with van der Waals surface area (Å²) >= 11 is 11.9. The fraction of sp³-hybridized carbons (Fsp3) is 0.500. The molecule has 2 nitrogen and oxygen atoms in total. The molecule has 0 atom stereocenters. The van der Waals surface area contributed by atoms with E-state index in [-0.39, 0.29) is 6.10 Å². The number of nitrogens with one attached hydrogen (secondary N) is 1. The summed E-state index contributed by atoms with van der Waals surface area (Å²) < 4.78 is 0. The van der Waals surface area contributed by atoms with Crippen molar-refractivity contribution in [3.05, 3.63) is 28.2 Å². The zero-order valence-corrected chi connectivity index (χ0v) is 10.4. The van der Waals surface area contributed by atoms with Crippen LogP contribution in [-0.2, 0) is 0 Å². The molecule has 0 amide bonds. The van der Waals surface area contributed by atoms with Crippen LogP contribution in [0.25, 0.3) is 0 Å². The average Bonchev–Trinajstić information content (AvgIpc) is 2.20.